The summed E-state index contributed by atoms with van der Waals surface area (Å²) in [5.74, 6) is 0. The fraction of sp³-hybridized carbons (Fsp3) is 0.571. The summed E-state index contributed by atoms with van der Waals surface area (Å²) in [7, 11) is 0. The van der Waals surface area contributed by atoms with Gasteiger partial charge in [-0.3, -0.25) is 0 Å². The van der Waals surface area contributed by atoms with E-state index in [0.717, 1.165) is 31.6 Å². The summed E-state index contributed by atoms with van der Waals surface area (Å²) in [5, 5.41) is 4.89. The quantitative estimate of drug-likeness (QED) is 0.899. The van der Waals surface area contributed by atoms with Crippen LogP contribution in [0.2, 0.25) is 10.0 Å². The van der Waals surface area contributed by atoms with Crippen LogP contribution in [0.1, 0.15) is 38.3 Å². The summed E-state index contributed by atoms with van der Waals surface area (Å²) in [5.41, 5.74) is 1.31. The van der Waals surface area contributed by atoms with E-state index in [1.165, 1.54) is 0 Å². The molecule has 1 aromatic carbocycles. The molecule has 1 fully saturated rings. The van der Waals surface area contributed by atoms with Gasteiger partial charge < -0.3 is 10.1 Å². The normalized spacial score (nSPS) is 20.7. The third kappa shape index (κ3) is 3.39. The molecule has 0 aliphatic carbocycles. The number of nitrogens with one attached hydrogen (secondary N) is 1. The van der Waals surface area contributed by atoms with E-state index in [1.807, 2.05) is 18.2 Å². The van der Waals surface area contributed by atoms with Gasteiger partial charge in [0.2, 0.25) is 0 Å². The molecule has 1 aliphatic rings. The number of halogens is 2. The first-order chi connectivity index (χ1) is 8.50. The standard InChI is InChI=1S/C14H19Cl2NO/c1-10(11-3-4-12(15)13(16)9-11)17-14(2)5-7-18-8-6-14/h3-4,9-10,17H,5-8H2,1-2H3. The van der Waals surface area contributed by atoms with Gasteiger partial charge in [-0.1, -0.05) is 29.3 Å². The lowest BCUT2D eigenvalue weighted by Gasteiger charge is -2.37. The van der Waals surface area contributed by atoms with Gasteiger partial charge in [-0.15, -0.1) is 0 Å². The molecule has 1 N–H and O–H groups in total. The van der Waals surface area contributed by atoms with Crippen LogP contribution in [0.3, 0.4) is 0 Å². The van der Waals surface area contributed by atoms with Crippen LogP contribution in [0.5, 0.6) is 0 Å². The van der Waals surface area contributed by atoms with Gasteiger partial charge in [-0.25, -0.2) is 0 Å². The molecule has 1 saturated heterocycles. The highest BCUT2D eigenvalue weighted by molar-refractivity contribution is 6.42. The Morgan fingerprint density at radius 3 is 2.50 bits per heavy atom. The SMILES string of the molecule is CC(NC1(C)CCOCC1)c1ccc(Cl)c(Cl)c1. The fourth-order valence-corrected chi connectivity index (χ4v) is 2.66. The second-order valence-corrected chi connectivity index (χ2v) is 6.03. The number of hydrogen-bond acceptors (Lipinski definition) is 2. The lowest BCUT2D eigenvalue weighted by molar-refractivity contribution is 0.0413. The van der Waals surface area contributed by atoms with E-state index in [9.17, 15) is 0 Å². The molecule has 1 unspecified atom stereocenters. The average molecular weight is 288 g/mol. The lowest BCUT2D eigenvalue weighted by atomic mass is 9.90. The van der Waals surface area contributed by atoms with Crippen LogP contribution < -0.4 is 5.32 Å². The fourth-order valence-electron chi connectivity index (χ4n) is 2.35. The summed E-state index contributed by atoms with van der Waals surface area (Å²) >= 11 is 12.0. The van der Waals surface area contributed by atoms with Crippen LogP contribution in [0.15, 0.2) is 18.2 Å². The molecule has 0 spiro atoms. The van der Waals surface area contributed by atoms with Crippen LogP contribution >= 0.6 is 23.2 Å². The van der Waals surface area contributed by atoms with E-state index in [0.29, 0.717) is 10.0 Å². The third-order valence-electron chi connectivity index (χ3n) is 3.60. The van der Waals surface area contributed by atoms with Gasteiger partial charge in [-0.05, 0) is 44.4 Å². The molecule has 0 radical (unpaired) electrons. The predicted molar refractivity (Wildman–Crippen MR) is 76.5 cm³/mol. The molecule has 1 aliphatic heterocycles. The summed E-state index contributed by atoms with van der Waals surface area (Å²) in [6, 6.07) is 6.06. The first-order valence-corrected chi connectivity index (χ1v) is 7.06. The topological polar surface area (TPSA) is 21.3 Å². The number of ether oxygens (including phenoxy) is 1. The van der Waals surface area contributed by atoms with Crippen molar-refractivity contribution in [3.8, 4) is 0 Å². The zero-order valence-corrected chi connectivity index (χ0v) is 12.3. The Morgan fingerprint density at radius 1 is 1.22 bits per heavy atom. The van der Waals surface area contributed by atoms with Crippen molar-refractivity contribution in [3.05, 3.63) is 33.8 Å². The van der Waals surface area contributed by atoms with Crippen molar-refractivity contribution < 1.29 is 4.74 Å². The minimum absolute atomic E-state index is 0.143. The highest BCUT2D eigenvalue weighted by Crippen LogP contribution is 2.28. The molecule has 2 rings (SSSR count). The maximum absolute atomic E-state index is 6.06. The van der Waals surface area contributed by atoms with E-state index < -0.39 is 0 Å². The second kappa shape index (κ2) is 5.79. The summed E-state index contributed by atoms with van der Waals surface area (Å²) < 4.78 is 5.41. The molecule has 0 amide bonds. The minimum Gasteiger partial charge on any atom is -0.381 e. The highest BCUT2D eigenvalue weighted by atomic mass is 35.5. The Bertz CT molecular complexity index is 416. The third-order valence-corrected chi connectivity index (χ3v) is 4.34. The van der Waals surface area contributed by atoms with Gasteiger partial charge >= 0.3 is 0 Å². The molecular weight excluding hydrogens is 269 g/mol. The zero-order valence-electron chi connectivity index (χ0n) is 10.8. The largest absolute Gasteiger partial charge is 0.381 e. The molecular formula is C14H19Cl2NO. The van der Waals surface area contributed by atoms with Crippen molar-refractivity contribution >= 4 is 23.2 Å². The van der Waals surface area contributed by atoms with Crippen molar-refractivity contribution in [2.24, 2.45) is 0 Å². The number of benzene rings is 1. The molecule has 0 saturated carbocycles. The summed E-state index contributed by atoms with van der Waals surface area (Å²) in [4.78, 5) is 0. The van der Waals surface area contributed by atoms with Crippen LogP contribution in [0.4, 0.5) is 0 Å². The monoisotopic (exact) mass is 287 g/mol. The summed E-state index contributed by atoms with van der Waals surface area (Å²) in [6.07, 6.45) is 2.08. The molecule has 18 heavy (non-hydrogen) atoms. The van der Waals surface area contributed by atoms with Crippen molar-refractivity contribution in [1.82, 2.24) is 5.32 Å². The van der Waals surface area contributed by atoms with Gasteiger partial charge in [0.15, 0.2) is 0 Å². The Kier molecular flexibility index (Phi) is 4.54. The van der Waals surface area contributed by atoms with Crippen LogP contribution in [0.25, 0.3) is 0 Å². The van der Waals surface area contributed by atoms with E-state index in [1.54, 1.807) is 0 Å². The average Bonchev–Trinajstić information content (AvgIpc) is 2.33. The smallest absolute Gasteiger partial charge is 0.0595 e. The maximum atomic E-state index is 6.06. The van der Waals surface area contributed by atoms with Gasteiger partial charge in [0.25, 0.3) is 0 Å². The minimum atomic E-state index is 0.143. The molecule has 100 valence electrons. The van der Waals surface area contributed by atoms with Crippen molar-refractivity contribution in [2.75, 3.05) is 13.2 Å². The van der Waals surface area contributed by atoms with Crippen LogP contribution in [-0.2, 0) is 4.74 Å². The van der Waals surface area contributed by atoms with Crippen LogP contribution in [-0.4, -0.2) is 18.8 Å². The number of hydrogen-bond donors (Lipinski definition) is 1. The predicted octanol–water partition coefficient (Wildman–Crippen LogP) is 4.21. The molecule has 2 nitrogen and oxygen atoms in total. The molecule has 0 aromatic heterocycles. The number of rotatable bonds is 3. The Labute approximate surface area is 119 Å². The van der Waals surface area contributed by atoms with E-state index in [4.69, 9.17) is 27.9 Å². The van der Waals surface area contributed by atoms with Crippen molar-refractivity contribution in [2.45, 2.75) is 38.3 Å². The molecule has 1 aromatic rings. The molecule has 1 heterocycles. The second-order valence-electron chi connectivity index (χ2n) is 5.21. The van der Waals surface area contributed by atoms with Gasteiger partial charge in [-0.2, -0.15) is 0 Å². The molecule has 1 atom stereocenters. The first-order valence-electron chi connectivity index (χ1n) is 6.31. The van der Waals surface area contributed by atoms with Gasteiger partial charge in [0, 0.05) is 24.8 Å². The van der Waals surface area contributed by atoms with E-state index >= 15 is 0 Å². The Morgan fingerprint density at radius 2 is 1.89 bits per heavy atom. The lowest BCUT2D eigenvalue weighted by Crippen LogP contribution is -2.47. The van der Waals surface area contributed by atoms with Crippen molar-refractivity contribution in [1.29, 1.82) is 0 Å². The van der Waals surface area contributed by atoms with Gasteiger partial charge in [0.1, 0.15) is 0 Å². The van der Waals surface area contributed by atoms with E-state index in [-0.39, 0.29) is 11.6 Å². The Balaban J connectivity index is 2.06. The first kappa shape index (κ1) is 14.1. The van der Waals surface area contributed by atoms with Crippen molar-refractivity contribution in [3.63, 3.8) is 0 Å². The van der Waals surface area contributed by atoms with Gasteiger partial charge in [0.05, 0.1) is 10.0 Å². The molecule has 4 heteroatoms. The highest BCUT2D eigenvalue weighted by Gasteiger charge is 2.28. The maximum Gasteiger partial charge on any atom is 0.0595 e. The van der Waals surface area contributed by atoms with Crippen LogP contribution in [0, 0.1) is 0 Å². The summed E-state index contributed by atoms with van der Waals surface area (Å²) in [6.45, 7) is 6.07. The Hall–Kier alpha value is -0.280. The zero-order chi connectivity index (χ0) is 13.2. The molecule has 0 bridgehead atoms. The van der Waals surface area contributed by atoms with E-state index in [2.05, 4.69) is 19.2 Å².